The second-order valence-corrected chi connectivity index (χ2v) is 2.93. The number of halogens is 1. The molecule has 0 aliphatic carbocycles. The quantitative estimate of drug-likeness (QED) is 0.660. The van der Waals surface area contributed by atoms with Gasteiger partial charge in [-0.1, -0.05) is 11.6 Å². The van der Waals surface area contributed by atoms with Crippen molar-refractivity contribution in [3.63, 3.8) is 0 Å². The van der Waals surface area contributed by atoms with Crippen LogP contribution in [0.4, 0.5) is 5.82 Å². The molecule has 5 nitrogen and oxygen atoms in total. The summed E-state index contributed by atoms with van der Waals surface area (Å²) in [5.74, 6) is 0.160. The number of aryl methyl sites for hydroxylation is 1. The van der Waals surface area contributed by atoms with E-state index in [1.807, 2.05) is 0 Å². The fraction of sp³-hybridized carbons (Fsp3) is 0.286. The molecule has 0 bridgehead atoms. The smallest absolute Gasteiger partial charge is 0.222 e. The van der Waals surface area contributed by atoms with E-state index in [4.69, 9.17) is 23.1 Å². The number of nitrogen functional groups attached to an aromatic ring is 1. The number of amides is 1. The molecule has 1 aromatic rings. The molecule has 1 amide bonds. The highest BCUT2D eigenvalue weighted by Crippen LogP contribution is 2.18. The second kappa shape index (κ2) is 3.57. The Bertz CT molecular complexity index is 329. The molecule has 0 aliphatic rings. The van der Waals surface area contributed by atoms with E-state index in [1.165, 1.54) is 0 Å². The first-order valence-electron chi connectivity index (χ1n) is 3.57. The molecule has 0 unspecified atom stereocenters. The predicted molar refractivity (Wildman–Crippen MR) is 49.1 cm³/mol. The monoisotopic (exact) mass is 200 g/mol. The van der Waals surface area contributed by atoms with E-state index in [0.29, 0.717) is 11.4 Å². The van der Waals surface area contributed by atoms with Crippen molar-refractivity contribution in [2.24, 2.45) is 5.73 Å². The Morgan fingerprint density at radius 1 is 1.54 bits per heavy atom. The highest BCUT2D eigenvalue weighted by molar-refractivity contribution is 6.30. The average Bonchev–Trinajstić information content (AvgIpc) is 1.96. The molecule has 0 spiro atoms. The van der Waals surface area contributed by atoms with Crippen LogP contribution in [0.5, 0.6) is 0 Å². The maximum absolute atomic E-state index is 10.6. The third kappa shape index (κ3) is 2.29. The maximum atomic E-state index is 10.6. The van der Waals surface area contributed by atoms with Crippen molar-refractivity contribution < 1.29 is 4.79 Å². The molecule has 1 rings (SSSR count). The van der Waals surface area contributed by atoms with Gasteiger partial charge in [0.2, 0.25) is 5.91 Å². The summed E-state index contributed by atoms with van der Waals surface area (Å²) in [7, 11) is 0. The van der Waals surface area contributed by atoms with Crippen molar-refractivity contribution >= 4 is 23.3 Å². The zero-order chi connectivity index (χ0) is 10.0. The Labute approximate surface area is 80.1 Å². The third-order valence-electron chi connectivity index (χ3n) is 1.45. The number of aromatic nitrogens is 2. The number of primary amides is 1. The van der Waals surface area contributed by atoms with E-state index in [-0.39, 0.29) is 17.4 Å². The third-order valence-corrected chi connectivity index (χ3v) is 1.76. The molecule has 1 heterocycles. The average molecular weight is 201 g/mol. The Morgan fingerprint density at radius 3 is 2.62 bits per heavy atom. The molecule has 13 heavy (non-hydrogen) atoms. The Morgan fingerprint density at radius 2 is 2.15 bits per heavy atom. The van der Waals surface area contributed by atoms with Gasteiger partial charge in [0.1, 0.15) is 16.8 Å². The van der Waals surface area contributed by atoms with E-state index in [0.717, 1.165) is 0 Å². The predicted octanol–water partition coefficient (Wildman–Crippen LogP) is 0.0484. The van der Waals surface area contributed by atoms with Gasteiger partial charge in [-0.25, -0.2) is 9.97 Å². The number of anilines is 1. The molecule has 0 saturated heterocycles. The van der Waals surface area contributed by atoms with Crippen molar-refractivity contribution in [3.8, 4) is 0 Å². The fourth-order valence-electron chi connectivity index (χ4n) is 0.920. The summed E-state index contributed by atoms with van der Waals surface area (Å²) in [5.41, 5.74) is 10.9. The second-order valence-electron chi connectivity index (χ2n) is 2.57. The van der Waals surface area contributed by atoms with Gasteiger partial charge in [-0.05, 0) is 6.92 Å². The van der Waals surface area contributed by atoms with Gasteiger partial charge in [-0.15, -0.1) is 0 Å². The number of hydrogen-bond acceptors (Lipinski definition) is 4. The summed E-state index contributed by atoms with van der Waals surface area (Å²) in [6.45, 7) is 1.66. The highest BCUT2D eigenvalue weighted by Gasteiger charge is 2.11. The normalized spacial score (nSPS) is 10.0. The van der Waals surface area contributed by atoms with Gasteiger partial charge in [-0.3, -0.25) is 4.79 Å². The van der Waals surface area contributed by atoms with Gasteiger partial charge in [0.15, 0.2) is 0 Å². The van der Waals surface area contributed by atoms with Crippen LogP contribution in [0, 0.1) is 6.92 Å². The van der Waals surface area contributed by atoms with E-state index in [9.17, 15) is 4.79 Å². The summed E-state index contributed by atoms with van der Waals surface area (Å²) < 4.78 is 0. The van der Waals surface area contributed by atoms with E-state index in [2.05, 4.69) is 9.97 Å². The molecule has 1 aromatic heterocycles. The number of hydrogen-bond donors (Lipinski definition) is 2. The standard InChI is InChI=1S/C7H9ClN4O/c1-3-11-6(8)4(2-5(9)13)7(10)12-3/h2H2,1H3,(H2,9,13)(H2,10,11,12). The number of carbonyl (C=O) groups excluding carboxylic acids is 1. The number of rotatable bonds is 2. The maximum Gasteiger partial charge on any atom is 0.222 e. The lowest BCUT2D eigenvalue weighted by atomic mass is 10.2. The van der Waals surface area contributed by atoms with Crippen LogP contribution in [-0.4, -0.2) is 15.9 Å². The SMILES string of the molecule is Cc1nc(N)c(CC(N)=O)c(Cl)n1. The van der Waals surface area contributed by atoms with E-state index < -0.39 is 5.91 Å². The summed E-state index contributed by atoms with van der Waals surface area (Å²) in [6.07, 6.45) is -0.0368. The largest absolute Gasteiger partial charge is 0.383 e. The summed E-state index contributed by atoms with van der Waals surface area (Å²) in [5, 5.41) is 0.184. The molecule has 0 aliphatic heterocycles. The van der Waals surface area contributed by atoms with Crippen LogP contribution in [-0.2, 0) is 11.2 Å². The summed E-state index contributed by atoms with van der Waals surface area (Å²) >= 11 is 5.74. The van der Waals surface area contributed by atoms with Crippen molar-refractivity contribution in [3.05, 3.63) is 16.5 Å². The molecule has 6 heteroatoms. The first-order valence-corrected chi connectivity index (χ1v) is 3.95. The summed E-state index contributed by atoms with van der Waals surface area (Å²) in [4.78, 5) is 18.3. The first kappa shape index (κ1) is 9.73. The van der Waals surface area contributed by atoms with Crippen molar-refractivity contribution in [1.29, 1.82) is 0 Å². The van der Waals surface area contributed by atoms with Gasteiger partial charge >= 0.3 is 0 Å². The molecule has 0 saturated carbocycles. The molecular weight excluding hydrogens is 192 g/mol. The topological polar surface area (TPSA) is 94.9 Å². The van der Waals surface area contributed by atoms with Crippen LogP contribution in [0.2, 0.25) is 5.15 Å². The van der Waals surface area contributed by atoms with Crippen molar-refractivity contribution in [1.82, 2.24) is 9.97 Å². The molecular formula is C7H9ClN4O. The summed E-state index contributed by atoms with van der Waals surface area (Å²) in [6, 6.07) is 0. The lowest BCUT2D eigenvalue weighted by Crippen LogP contribution is -2.16. The Balaban J connectivity index is 3.13. The van der Waals surface area contributed by atoms with Gasteiger partial charge in [0.25, 0.3) is 0 Å². The molecule has 0 atom stereocenters. The van der Waals surface area contributed by atoms with Crippen LogP contribution in [0.15, 0.2) is 0 Å². The Hall–Kier alpha value is -1.36. The molecule has 4 N–H and O–H groups in total. The molecule has 0 radical (unpaired) electrons. The van der Waals surface area contributed by atoms with Crippen LogP contribution in [0.1, 0.15) is 11.4 Å². The van der Waals surface area contributed by atoms with Crippen LogP contribution >= 0.6 is 11.6 Å². The lowest BCUT2D eigenvalue weighted by molar-refractivity contribution is -0.117. The minimum atomic E-state index is -0.513. The Kier molecular flexibility index (Phi) is 2.67. The number of nitrogens with zero attached hydrogens (tertiary/aromatic N) is 2. The minimum absolute atomic E-state index is 0.0368. The lowest BCUT2D eigenvalue weighted by Gasteiger charge is -2.04. The van der Waals surface area contributed by atoms with E-state index >= 15 is 0 Å². The van der Waals surface area contributed by atoms with Crippen molar-refractivity contribution in [2.45, 2.75) is 13.3 Å². The van der Waals surface area contributed by atoms with Crippen molar-refractivity contribution in [2.75, 3.05) is 5.73 Å². The zero-order valence-corrected chi connectivity index (χ0v) is 7.80. The van der Waals surface area contributed by atoms with Crippen LogP contribution in [0.3, 0.4) is 0 Å². The highest BCUT2D eigenvalue weighted by atomic mass is 35.5. The zero-order valence-electron chi connectivity index (χ0n) is 7.04. The van der Waals surface area contributed by atoms with Gasteiger partial charge < -0.3 is 11.5 Å². The number of carbonyl (C=O) groups is 1. The fourth-order valence-corrected chi connectivity index (χ4v) is 1.21. The van der Waals surface area contributed by atoms with Crippen LogP contribution in [0.25, 0.3) is 0 Å². The van der Waals surface area contributed by atoms with Gasteiger partial charge in [0.05, 0.1) is 6.42 Å². The molecule has 0 aromatic carbocycles. The molecule has 0 fully saturated rings. The molecule has 70 valence electrons. The van der Waals surface area contributed by atoms with Gasteiger partial charge in [-0.2, -0.15) is 0 Å². The van der Waals surface area contributed by atoms with E-state index in [1.54, 1.807) is 6.92 Å². The van der Waals surface area contributed by atoms with Gasteiger partial charge in [0, 0.05) is 5.56 Å². The number of nitrogens with two attached hydrogens (primary N) is 2. The minimum Gasteiger partial charge on any atom is -0.383 e. The first-order chi connectivity index (χ1) is 6.00. The van der Waals surface area contributed by atoms with Crippen LogP contribution < -0.4 is 11.5 Å².